The molecule has 2 aromatic carbocycles. The Morgan fingerprint density at radius 3 is 2.83 bits per heavy atom. The molecule has 0 atom stereocenters. The van der Waals surface area contributed by atoms with Gasteiger partial charge in [0, 0.05) is 16.1 Å². The number of hydrogen-bond acceptors (Lipinski definition) is 4. The molecule has 0 aliphatic carbocycles. The summed E-state index contributed by atoms with van der Waals surface area (Å²) in [5.74, 6) is 7.59. The van der Waals surface area contributed by atoms with Gasteiger partial charge < -0.3 is 9.67 Å². The fraction of sp³-hybridized carbons (Fsp3) is 0.136. The van der Waals surface area contributed by atoms with Crippen LogP contribution < -0.4 is 0 Å². The van der Waals surface area contributed by atoms with E-state index >= 15 is 0 Å². The molecule has 0 saturated carbocycles. The van der Waals surface area contributed by atoms with Crippen LogP contribution in [0.25, 0.3) is 17.1 Å². The van der Waals surface area contributed by atoms with Gasteiger partial charge in [0.05, 0.1) is 17.9 Å². The summed E-state index contributed by atoms with van der Waals surface area (Å²) >= 11 is 6.25. The fourth-order valence-electron chi connectivity index (χ4n) is 3.54. The Morgan fingerprint density at radius 2 is 2.00 bits per heavy atom. The average Bonchev–Trinajstić information content (AvgIpc) is 3.28. The van der Waals surface area contributed by atoms with E-state index in [9.17, 15) is 5.11 Å². The van der Waals surface area contributed by atoms with Gasteiger partial charge in [-0.2, -0.15) is 0 Å². The third kappa shape index (κ3) is 2.92. The van der Waals surface area contributed by atoms with E-state index < -0.39 is 0 Å². The van der Waals surface area contributed by atoms with E-state index in [1.165, 1.54) is 0 Å². The predicted molar refractivity (Wildman–Crippen MR) is 110 cm³/mol. The highest BCUT2D eigenvalue weighted by atomic mass is 35.5. The van der Waals surface area contributed by atoms with E-state index in [1.807, 2.05) is 58.5 Å². The molecule has 6 nitrogen and oxygen atoms in total. The Hall–Kier alpha value is -3.40. The van der Waals surface area contributed by atoms with Crippen molar-refractivity contribution in [3.63, 3.8) is 0 Å². The molecular formula is C22H16ClN5O. The first-order valence-corrected chi connectivity index (χ1v) is 9.50. The lowest BCUT2D eigenvalue weighted by Crippen LogP contribution is -2.08. The number of rotatable bonds is 1. The van der Waals surface area contributed by atoms with Crippen molar-refractivity contribution in [1.29, 1.82) is 0 Å². The number of hydrogen-bond donors (Lipinski definition) is 1. The molecule has 5 rings (SSSR count). The Bertz CT molecular complexity index is 1310. The summed E-state index contributed by atoms with van der Waals surface area (Å²) in [5, 5.41) is 18.8. The van der Waals surface area contributed by atoms with Crippen LogP contribution in [0.1, 0.15) is 28.3 Å². The number of nitrogens with zero attached hydrogens (tertiary/aromatic N) is 5. The standard InChI is InChI=1S/C22H16ClN5O/c1-14-4-2-3-5-15(14)6-8-18-20-11-27-21(12-29)25-26-22(27)17-10-16(23)7-9-19(17)28(20)13-24-18/h2-5,7,9-10,13,29H,11-12H2,1H3. The van der Waals surface area contributed by atoms with Crippen LogP contribution >= 0.6 is 11.6 Å². The third-order valence-corrected chi connectivity index (χ3v) is 5.30. The molecule has 1 aliphatic heterocycles. The smallest absolute Gasteiger partial charge is 0.166 e. The molecule has 7 heteroatoms. The number of aliphatic hydroxyl groups is 1. The zero-order valence-electron chi connectivity index (χ0n) is 15.6. The van der Waals surface area contributed by atoms with Crippen molar-refractivity contribution in [2.45, 2.75) is 20.1 Å². The van der Waals surface area contributed by atoms with Crippen LogP contribution in [-0.4, -0.2) is 29.4 Å². The third-order valence-electron chi connectivity index (χ3n) is 5.06. The number of aryl methyl sites for hydroxylation is 1. The molecule has 2 aromatic heterocycles. The summed E-state index contributed by atoms with van der Waals surface area (Å²) in [6.07, 6.45) is 1.77. The minimum absolute atomic E-state index is 0.207. The van der Waals surface area contributed by atoms with E-state index in [1.54, 1.807) is 6.33 Å². The van der Waals surface area contributed by atoms with Crippen LogP contribution in [0.5, 0.6) is 0 Å². The van der Waals surface area contributed by atoms with Gasteiger partial charge >= 0.3 is 0 Å². The monoisotopic (exact) mass is 401 g/mol. The second-order valence-corrected chi connectivity index (χ2v) is 7.26. The van der Waals surface area contributed by atoms with Crippen molar-refractivity contribution in [3.8, 4) is 28.9 Å². The molecule has 0 fully saturated rings. The molecular weight excluding hydrogens is 386 g/mol. The van der Waals surface area contributed by atoms with E-state index in [-0.39, 0.29) is 6.61 Å². The largest absolute Gasteiger partial charge is 0.388 e. The lowest BCUT2D eigenvalue weighted by Gasteiger charge is -2.08. The van der Waals surface area contributed by atoms with Crippen LogP contribution in [0.4, 0.5) is 0 Å². The fourth-order valence-corrected chi connectivity index (χ4v) is 3.71. The number of imidazole rings is 1. The van der Waals surface area contributed by atoms with Gasteiger partial charge in [-0.3, -0.25) is 4.57 Å². The second kappa shape index (κ2) is 6.89. The van der Waals surface area contributed by atoms with E-state index in [2.05, 4.69) is 27.0 Å². The van der Waals surface area contributed by atoms with Crippen molar-refractivity contribution >= 4 is 11.6 Å². The van der Waals surface area contributed by atoms with Crippen LogP contribution in [0, 0.1) is 18.8 Å². The molecule has 142 valence electrons. The first-order chi connectivity index (χ1) is 14.2. The Morgan fingerprint density at radius 1 is 1.14 bits per heavy atom. The second-order valence-electron chi connectivity index (χ2n) is 6.82. The molecule has 29 heavy (non-hydrogen) atoms. The summed E-state index contributed by atoms with van der Waals surface area (Å²) in [6.45, 7) is 2.28. The predicted octanol–water partition coefficient (Wildman–Crippen LogP) is 3.35. The SMILES string of the molecule is Cc1ccccc1C#Cc1ncn2c1Cn1c(CO)nnc1-c1cc(Cl)ccc1-2. The molecule has 0 spiro atoms. The Kier molecular flexibility index (Phi) is 4.20. The number of halogens is 1. The number of aromatic nitrogens is 5. The zero-order chi connectivity index (χ0) is 20.0. The maximum atomic E-state index is 9.73. The molecule has 0 unspecified atom stereocenters. The van der Waals surface area contributed by atoms with Gasteiger partial charge in [0.1, 0.15) is 18.6 Å². The van der Waals surface area contributed by atoms with Gasteiger partial charge in [0.15, 0.2) is 11.6 Å². The maximum Gasteiger partial charge on any atom is 0.166 e. The van der Waals surface area contributed by atoms with Crippen molar-refractivity contribution in [3.05, 3.63) is 82.2 Å². The van der Waals surface area contributed by atoms with Crippen molar-refractivity contribution < 1.29 is 5.11 Å². The highest BCUT2D eigenvalue weighted by molar-refractivity contribution is 6.31. The maximum absolute atomic E-state index is 9.73. The minimum Gasteiger partial charge on any atom is -0.388 e. The minimum atomic E-state index is -0.207. The van der Waals surface area contributed by atoms with Gasteiger partial charge in [-0.05, 0) is 42.7 Å². The number of fused-ring (bicyclic) bond motifs is 5. The Labute approximate surface area is 172 Å². The van der Waals surface area contributed by atoms with Gasteiger partial charge in [-0.25, -0.2) is 4.98 Å². The summed E-state index contributed by atoms with van der Waals surface area (Å²) in [5.41, 5.74) is 5.41. The summed E-state index contributed by atoms with van der Waals surface area (Å²) in [4.78, 5) is 4.56. The molecule has 0 radical (unpaired) electrons. The van der Waals surface area contributed by atoms with Crippen molar-refractivity contribution in [2.75, 3.05) is 0 Å². The quantitative estimate of drug-likeness (QED) is 0.437. The highest BCUT2D eigenvalue weighted by Crippen LogP contribution is 2.34. The average molecular weight is 402 g/mol. The molecule has 1 aliphatic rings. The molecule has 0 bridgehead atoms. The lowest BCUT2D eigenvalue weighted by atomic mass is 10.1. The van der Waals surface area contributed by atoms with E-state index in [4.69, 9.17) is 11.6 Å². The number of benzene rings is 2. The molecule has 1 N–H and O–H groups in total. The summed E-state index contributed by atoms with van der Waals surface area (Å²) in [6, 6.07) is 13.6. The summed E-state index contributed by atoms with van der Waals surface area (Å²) in [7, 11) is 0. The van der Waals surface area contributed by atoms with Crippen LogP contribution in [0.3, 0.4) is 0 Å². The molecule has 4 aromatic rings. The van der Waals surface area contributed by atoms with Gasteiger partial charge in [-0.15, -0.1) is 10.2 Å². The normalized spacial score (nSPS) is 11.7. The zero-order valence-corrected chi connectivity index (χ0v) is 16.4. The molecule has 3 heterocycles. The van der Waals surface area contributed by atoms with E-state index in [0.29, 0.717) is 28.9 Å². The first kappa shape index (κ1) is 17.7. The van der Waals surface area contributed by atoms with Crippen LogP contribution in [0.2, 0.25) is 5.02 Å². The van der Waals surface area contributed by atoms with Crippen molar-refractivity contribution in [1.82, 2.24) is 24.3 Å². The van der Waals surface area contributed by atoms with E-state index in [0.717, 1.165) is 28.1 Å². The lowest BCUT2D eigenvalue weighted by molar-refractivity contribution is 0.265. The van der Waals surface area contributed by atoms with Crippen LogP contribution in [0.15, 0.2) is 48.8 Å². The first-order valence-electron chi connectivity index (χ1n) is 9.13. The highest BCUT2D eigenvalue weighted by Gasteiger charge is 2.25. The molecule has 0 saturated heterocycles. The Balaban J connectivity index is 1.71. The molecule has 0 amide bonds. The number of aliphatic hydroxyl groups excluding tert-OH is 1. The van der Waals surface area contributed by atoms with Crippen LogP contribution in [-0.2, 0) is 13.2 Å². The van der Waals surface area contributed by atoms with Gasteiger partial charge in [0.2, 0.25) is 0 Å². The topological polar surface area (TPSA) is 68.8 Å². The van der Waals surface area contributed by atoms with Gasteiger partial charge in [-0.1, -0.05) is 35.7 Å². The summed E-state index contributed by atoms with van der Waals surface area (Å²) < 4.78 is 3.89. The van der Waals surface area contributed by atoms with Gasteiger partial charge in [0.25, 0.3) is 0 Å². The van der Waals surface area contributed by atoms with Crippen molar-refractivity contribution in [2.24, 2.45) is 0 Å².